The molecule has 1 aromatic carbocycles. The van der Waals surface area contributed by atoms with E-state index in [1.165, 1.54) is 28.4 Å². The summed E-state index contributed by atoms with van der Waals surface area (Å²) in [5.74, 6) is 0.423. The molecule has 0 aliphatic rings. The van der Waals surface area contributed by atoms with Gasteiger partial charge in [0.2, 0.25) is 0 Å². The van der Waals surface area contributed by atoms with Crippen LogP contribution in [0.5, 0.6) is 0 Å². The zero-order valence-electron chi connectivity index (χ0n) is 11.9. The maximum atomic E-state index is 10.9. The van der Waals surface area contributed by atoms with Crippen LogP contribution in [0.4, 0.5) is 17.2 Å². The van der Waals surface area contributed by atoms with Crippen LogP contribution in [0.2, 0.25) is 0 Å². The minimum Gasteiger partial charge on any atom is -0.339 e. The fourth-order valence-electron chi connectivity index (χ4n) is 2.12. The van der Waals surface area contributed by atoms with Gasteiger partial charge in [-0.05, 0) is 12.3 Å². The van der Waals surface area contributed by atoms with E-state index in [4.69, 9.17) is 0 Å². The maximum absolute atomic E-state index is 10.9. The number of nitro groups is 1. The Kier molecular flexibility index (Phi) is 3.82. The van der Waals surface area contributed by atoms with E-state index >= 15 is 0 Å². The monoisotopic (exact) mass is 326 g/mol. The topological polar surface area (TPSA) is 109 Å². The minimum absolute atomic E-state index is 0.0376. The van der Waals surface area contributed by atoms with Gasteiger partial charge in [0.15, 0.2) is 11.5 Å². The van der Waals surface area contributed by atoms with E-state index in [1.54, 1.807) is 24.4 Å². The molecule has 0 unspecified atom stereocenters. The summed E-state index contributed by atoms with van der Waals surface area (Å²) in [6.07, 6.45) is 3.40. The quantitative estimate of drug-likeness (QED) is 0.340. The summed E-state index contributed by atoms with van der Waals surface area (Å²) in [4.78, 5) is 14.8. The average Bonchev–Trinajstić information content (AvgIpc) is 3.03. The van der Waals surface area contributed by atoms with Gasteiger partial charge in [-0.3, -0.25) is 10.1 Å². The Bertz CT molecular complexity index is 946. The number of nitrogens with one attached hydrogen (secondary N) is 1. The van der Waals surface area contributed by atoms with Crippen molar-refractivity contribution in [1.29, 1.82) is 5.26 Å². The Labute approximate surface area is 134 Å². The van der Waals surface area contributed by atoms with E-state index in [2.05, 4.69) is 21.5 Å². The molecule has 9 heteroatoms. The van der Waals surface area contributed by atoms with E-state index in [0.717, 1.165) is 0 Å². The molecule has 0 radical (unpaired) electrons. The third-order valence-electron chi connectivity index (χ3n) is 3.13. The van der Waals surface area contributed by atoms with Gasteiger partial charge in [0.1, 0.15) is 16.7 Å². The highest BCUT2D eigenvalue weighted by Gasteiger charge is 2.16. The van der Waals surface area contributed by atoms with Crippen molar-refractivity contribution in [2.24, 2.45) is 0 Å². The lowest BCUT2D eigenvalue weighted by Crippen LogP contribution is -2.06. The van der Waals surface area contributed by atoms with Crippen molar-refractivity contribution in [3.05, 3.63) is 52.2 Å². The van der Waals surface area contributed by atoms with Crippen LogP contribution in [0.3, 0.4) is 0 Å². The van der Waals surface area contributed by atoms with Crippen molar-refractivity contribution in [2.75, 3.05) is 11.6 Å². The van der Waals surface area contributed by atoms with Crippen molar-refractivity contribution in [2.45, 2.75) is 5.03 Å². The molecule has 8 nitrogen and oxygen atoms in total. The number of hydrogen-bond donors (Lipinski definition) is 1. The van der Waals surface area contributed by atoms with Crippen LogP contribution in [-0.2, 0) is 0 Å². The van der Waals surface area contributed by atoms with E-state index in [1.807, 2.05) is 6.26 Å². The first kappa shape index (κ1) is 14.8. The summed E-state index contributed by atoms with van der Waals surface area (Å²) in [5, 5.41) is 28.1. The first-order valence-electron chi connectivity index (χ1n) is 6.47. The number of nitro benzene ring substituents is 1. The molecule has 2 aromatic heterocycles. The number of nitriles is 1. The summed E-state index contributed by atoms with van der Waals surface area (Å²) in [6, 6.07) is 9.89. The first-order chi connectivity index (χ1) is 11.1. The van der Waals surface area contributed by atoms with Crippen LogP contribution in [0.15, 0.2) is 41.6 Å². The van der Waals surface area contributed by atoms with Crippen molar-refractivity contribution in [3.8, 4) is 6.07 Å². The average molecular weight is 326 g/mol. The van der Waals surface area contributed by atoms with Crippen LogP contribution >= 0.6 is 11.8 Å². The molecule has 3 aromatic rings. The van der Waals surface area contributed by atoms with E-state index in [0.29, 0.717) is 27.7 Å². The van der Waals surface area contributed by atoms with Crippen LogP contribution in [-0.4, -0.2) is 25.8 Å². The number of hydrogen-bond acceptors (Lipinski definition) is 7. The molecule has 0 amide bonds. The number of fused-ring (bicyclic) bond motifs is 1. The molecule has 2 heterocycles. The predicted molar refractivity (Wildman–Crippen MR) is 85.9 cm³/mol. The Hall–Kier alpha value is -3.12. The van der Waals surface area contributed by atoms with Gasteiger partial charge in [-0.15, -0.1) is 11.8 Å². The molecule has 3 rings (SSSR count). The molecule has 0 spiro atoms. The van der Waals surface area contributed by atoms with Crippen LogP contribution in [0.25, 0.3) is 5.65 Å². The number of benzene rings is 1. The molecule has 23 heavy (non-hydrogen) atoms. The Balaban J connectivity index is 2.16. The standard InChI is InChI=1S/C14H10N6O2S/c1-23-14-11(8-15)13(19-12(18-14)5-6-16-19)17-9-3-2-4-10(7-9)20(21)22/h2-7,17H,1H3. The van der Waals surface area contributed by atoms with E-state index < -0.39 is 4.92 Å². The third kappa shape index (κ3) is 2.67. The molecule has 0 saturated carbocycles. The van der Waals surface area contributed by atoms with Gasteiger partial charge in [0.25, 0.3) is 5.69 Å². The fourth-order valence-corrected chi connectivity index (χ4v) is 2.65. The number of rotatable bonds is 4. The molecule has 0 aliphatic heterocycles. The molecule has 0 saturated heterocycles. The molecule has 0 atom stereocenters. The van der Waals surface area contributed by atoms with Gasteiger partial charge in [-0.25, -0.2) is 4.98 Å². The van der Waals surface area contributed by atoms with Crippen LogP contribution in [0.1, 0.15) is 5.56 Å². The third-order valence-corrected chi connectivity index (χ3v) is 3.81. The van der Waals surface area contributed by atoms with Crippen LogP contribution < -0.4 is 5.32 Å². The first-order valence-corrected chi connectivity index (χ1v) is 7.70. The smallest absolute Gasteiger partial charge is 0.271 e. The van der Waals surface area contributed by atoms with Crippen molar-refractivity contribution in [3.63, 3.8) is 0 Å². The second-order valence-electron chi connectivity index (χ2n) is 4.49. The summed E-state index contributed by atoms with van der Waals surface area (Å²) in [7, 11) is 0. The molecule has 114 valence electrons. The number of aromatic nitrogens is 3. The van der Waals surface area contributed by atoms with Gasteiger partial charge < -0.3 is 5.32 Å². The van der Waals surface area contributed by atoms with Gasteiger partial charge in [0, 0.05) is 23.9 Å². The van der Waals surface area contributed by atoms with Gasteiger partial charge in [0.05, 0.1) is 11.1 Å². The Morgan fingerprint density at radius 1 is 1.43 bits per heavy atom. The lowest BCUT2D eigenvalue weighted by molar-refractivity contribution is -0.384. The van der Waals surface area contributed by atoms with Crippen molar-refractivity contribution in [1.82, 2.24) is 14.6 Å². The zero-order chi connectivity index (χ0) is 16.4. The SMILES string of the molecule is CSc1nc2ccnn2c(Nc2cccc([N+](=O)[O-])c2)c1C#N. The summed E-state index contributed by atoms with van der Waals surface area (Å²) >= 11 is 1.35. The van der Waals surface area contributed by atoms with Gasteiger partial charge in [-0.1, -0.05) is 6.07 Å². The lowest BCUT2D eigenvalue weighted by Gasteiger charge is -2.12. The number of non-ortho nitro benzene ring substituents is 1. The highest BCUT2D eigenvalue weighted by Crippen LogP contribution is 2.29. The molecule has 0 aliphatic carbocycles. The van der Waals surface area contributed by atoms with Gasteiger partial charge in [-0.2, -0.15) is 14.9 Å². The van der Waals surface area contributed by atoms with E-state index in [-0.39, 0.29) is 5.69 Å². The van der Waals surface area contributed by atoms with Crippen molar-refractivity contribution < 1.29 is 4.92 Å². The highest BCUT2D eigenvalue weighted by atomic mass is 32.2. The second-order valence-corrected chi connectivity index (χ2v) is 5.29. The number of thioether (sulfide) groups is 1. The molecule has 1 N–H and O–H groups in total. The molecular weight excluding hydrogens is 316 g/mol. The minimum atomic E-state index is -0.472. The molecule has 0 bridgehead atoms. The maximum Gasteiger partial charge on any atom is 0.271 e. The summed E-state index contributed by atoms with van der Waals surface area (Å²) < 4.78 is 1.50. The van der Waals surface area contributed by atoms with E-state index in [9.17, 15) is 15.4 Å². The predicted octanol–water partition coefficient (Wildman–Crippen LogP) is 2.97. The number of anilines is 2. The largest absolute Gasteiger partial charge is 0.339 e. The summed E-state index contributed by atoms with van der Waals surface area (Å²) in [5.41, 5.74) is 1.37. The van der Waals surface area contributed by atoms with Crippen LogP contribution in [0, 0.1) is 21.4 Å². The zero-order valence-corrected chi connectivity index (χ0v) is 12.7. The summed E-state index contributed by atoms with van der Waals surface area (Å²) in [6.45, 7) is 0. The fraction of sp³-hybridized carbons (Fsp3) is 0.0714. The lowest BCUT2D eigenvalue weighted by atomic mass is 10.2. The molecule has 0 fully saturated rings. The Morgan fingerprint density at radius 3 is 2.96 bits per heavy atom. The molecular formula is C14H10N6O2S. The highest BCUT2D eigenvalue weighted by molar-refractivity contribution is 7.98. The Morgan fingerprint density at radius 2 is 2.26 bits per heavy atom. The van der Waals surface area contributed by atoms with Gasteiger partial charge >= 0.3 is 0 Å². The normalized spacial score (nSPS) is 10.4. The number of nitrogens with zero attached hydrogens (tertiary/aromatic N) is 5. The van der Waals surface area contributed by atoms with Crippen molar-refractivity contribution >= 4 is 34.6 Å². The second kappa shape index (κ2) is 5.94.